The van der Waals surface area contributed by atoms with Crippen molar-refractivity contribution in [2.24, 2.45) is 16.2 Å². The van der Waals surface area contributed by atoms with Crippen molar-refractivity contribution in [3.05, 3.63) is 29.3 Å². The molecular formula is C16H19BrClNO. The zero-order chi connectivity index (χ0) is 14.8. The molecule has 0 saturated heterocycles. The number of hydrogen-bond acceptors (Lipinski definition) is 1. The molecule has 1 aromatic rings. The molecule has 3 unspecified atom stereocenters. The van der Waals surface area contributed by atoms with Gasteiger partial charge in [0.05, 0.1) is 5.41 Å². The number of anilines is 1. The van der Waals surface area contributed by atoms with Gasteiger partial charge in [-0.05, 0) is 47.9 Å². The van der Waals surface area contributed by atoms with Crippen LogP contribution < -0.4 is 5.32 Å². The summed E-state index contributed by atoms with van der Waals surface area (Å²) in [4.78, 5) is 13.1. The van der Waals surface area contributed by atoms with Crippen molar-refractivity contribution < 1.29 is 4.79 Å². The smallest absolute Gasteiger partial charge is 0.232 e. The van der Waals surface area contributed by atoms with Crippen LogP contribution in [0.15, 0.2) is 24.3 Å². The lowest BCUT2D eigenvalue weighted by Crippen LogP contribution is -2.68. The van der Waals surface area contributed by atoms with Crippen LogP contribution in [0.25, 0.3) is 0 Å². The number of alkyl halides is 1. The highest BCUT2D eigenvalue weighted by Crippen LogP contribution is 2.79. The van der Waals surface area contributed by atoms with E-state index in [1.807, 2.05) is 12.1 Å². The molecule has 0 aromatic heterocycles. The minimum Gasteiger partial charge on any atom is -0.326 e. The normalized spacial score (nSPS) is 37.4. The van der Waals surface area contributed by atoms with Gasteiger partial charge in [-0.1, -0.05) is 48.3 Å². The highest BCUT2D eigenvalue weighted by atomic mass is 79.9. The zero-order valence-corrected chi connectivity index (χ0v) is 14.3. The Morgan fingerprint density at radius 1 is 1.25 bits per heavy atom. The van der Waals surface area contributed by atoms with Crippen molar-refractivity contribution in [1.82, 2.24) is 0 Å². The SMILES string of the molecule is CC12CCC(C(=O)Nc3ccc(Cl)cc3)(C1Br)C2(C)C. The molecule has 3 fully saturated rings. The fourth-order valence-corrected chi connectivity index (χ4v) is 6.17. The number of fused-ring (bicyclic) bond motifs is 1. The van der Waals surface area contributed by atoms with Crippen LogP contribution in [0.1, 0.15) is 33.6 Å². The Kier molecular flexibility index (Phi) is 3.05. The Bertz CT molecular complexity index is 570. The van der Waals surface area contributed by atoms with Crippen molar-refractivity contribution in [2.45, 2.75) is 38.4 Å². The summed E-state index contributed by atoms with van der Waals surface area (Å²) in [6, 6.07) is 7.29. The van der Waals surface area contributed by atoms with Crippen LogP contribution in [-0.2, 0) is 4.79 Å². The van der Waals surface area contributed by atoms with Crippen LogP contribution in [0.2, 0.25) is 5.02 Å². The summed E-state index contributed by atoms with van der Waals surface area (Å²) in [6.45, 7) is 6.73. The number of carbonyl (C=O) groups is 1. The molecule has 1 amide bonds. The standard InChI is InChI=1S/C16H19BrClNO/c1-14(2)15(3)8-9-16(14,12(15)17)13(20)19-11-6-4-10(18)5-7-11/h4-7,12H,8-9H2,1-3H3,(H,19,20). The lowest BCUT2D eigenvalue weighted by atomic mass is 9.43. The molecule has 0 heterocycles. The topological polar surface area (TPSA) is 29.1 Å². The molecule has 3 saturated carbocycles. The summed E-state index contributed by atoms with van der Waals surface area (Å²) >= 11 is 9.66. The maximum Gasteiger partial charge on any atom is 0.232 e. The number of amides is 1. The Balaban J connectivity index is 1.86. The van der Waals surface area contributed by atoms with Gasteiger partial charge in [0, 0.05) is 15.5 Å². The highest BCUT2D eigenvalue weighted by molar-refractivity contribution is 9.09. The van der Waals surface area contributed by atoms with E-state index in [2.05, 4.69) is 42.0 Å². The molecular weight excluding hydrogens is 338 g/mol. The maximum absolute atomic E-state index is 12.9. The predicted octanol–water partition coefficient (Wildman–Crippen LogP) is 4.87. The first-order chi connectivity index (χ1) is 9.25. The second-order valence-corrected chi connectivity index (χ2v) is 8.19. The largest absolute Gasteiger partial charge is 0.326 e. The van der Waals surface area contributed by atoms with Crippen molar-refractivity contribution in [3.63, 3.8) is 0 Å². The van der Waals surface area contributed by atoms with Gasteiger partial charge in [-0.2, -0.15) is 0 Å². The quantitative estimate of drug-likeness (QED) is 0.753. The first-order valence-corrected chi connectivity index (χ1v) is 8.26. The predicted molar refractivity (Wildman–Crippen MR) is 86.4 cm³/mol. The third-order valence-electron chi connectivity index (χ3n) is 6.08. The van der Waals surface area contributed by atoms with E-state index >= 15 is 0 Å². The van der Waals surface area contributed by atoms with E-state index in [-0.39, 0.29) is 27.0 Å². The molecule has 0 spiro atoms. The molecule has 1 aromatic carbocycles. The van der Waals surface area contributed by atoms with Gasteiger partial charge in [0.1, 0.15) is 0 Å². The molecule has 4 rings (SSSR count). The van der Waals surface area contributed by atoms with Crippen LogP contribution in [0.5, 0.6) is 0 Å². The number of benzene rings is 1. The van der Waals surface area contributed by atoms with E-state index in [0.717, 1.165) is 18.5 Å². The van der Waals surface area contributed by atoms with E-state index in [4.69, 9.17) is 11.6 Å². The van der Waals surface area contributed by atoms with Gasteiger partial charge >= 0.3 is 0 Å². The molecule has 20 heavy (non-hydrogen) atoms. The Labute approximate surface area is 133 Å². The zero-order valence-electron chi connectivity index (χ0n) is 12.0. The summed E-state index contributed by atoms with van der Waals surface area (Å²) in [6.07, 6.45) is 2.05. The molecule has 2 bridgehead atoms. The molecule has 3 aliphatic carbocycles. The van der Waals surface area contributed by atoms with Crippen LogP contribution in [-0.4, -0.2) is 10.7 Å². The highest BCUT2D eigenvalue weighted by Gasteiger charge is 2.80. The van der Waals surface area contributed by atoms with Gasteiger partial charge in [0.25, 0.3) is 0 Å². The van der Waals surface area contributed by atoms with Crippen LogP contribution in [0.4, 0.5) is 5.69 Å². The Morgan fingerprint density at radius 2 is 1.85 bits per heavy atom. The fourth-order valence-electron chi connectivity index (χ4n) is 4.23. The molecule has 108 valence electrons. The molecule has 1 N–H and O–H groups in total. The summed E-state index contributed by atoms with van der Waals surface area (Å²) in [7, 11) is 0. The molecule has 3 atom stereocenters. The van der Waals surface area contributed by atoms with Gasteiger partial charge in [0.15, 0.2) is 0 Å². The average Bonchev–Trinajstić information content (AvgIpc) is 2.80. The van der Waals surface area contributed by atoms with Crippen molar-refractivity contribution in [1.29, 1.82) is 0 Å². The van der Waals surface area contributed by atoms with E-state index < -0.39 is 0 Å². The third kappa shape index (κ3) is 1.48. The van der Waals surface area contributed by atoms with Crippen LogP contribution >= 0.6 is 27.5 Å². The van der Waals surface area contributed by atoms with Crippen molar-refractivity contribution >= 4 is 39.1 Å². The summed E-state index contributed by atoms with van der Waals surface area (Å²) < 4.78 is 0. The summed E-state index contributed by atoms with van der Waals surface area (Å²) in [5.74, 6) is 0.127. The Morgan fingerprint density at radius 3 is 2.30 bits per heavy atom. The second-order valence-electron chi connectivity index (χ2n) is 6.84. The molecule has 2 nitrogen and oxygen atoms in total. The van der Waals surface area contributed by atoms with Gasteiger partial charge in [-0.15, -0.1) is 0 Å². The minimum atomic E-state index is -0.304. The van der Waals surface area contributed by atoms with Gasteiger partial charge < -0.3 is 5.32 Å². The van der Waals surface area contributed by atoms with Gasteiger partial charge in [0.2, 0.25) is 5.91 Å². The van der Waals surface area contributed by atoms with Gasteiger partial charge in [-0.25, -0.2) is 0 Å². The number of carbonyl (C=O) groups excluding carboxylic acids is 1. The first kappa shape index (κ1) is 14.4. The molecule has 0 aliphatic heterocycles. The van der Waals surface area contributed by atoms with Gasteiger partial charge in [-0.3, -0.25) is 4.79 Å². The maximum atomic E-state index is 12.9. The number of rotatable bonds is 2. The Hall–Kier alpha value is -0.540. The summed E-state index contributed by atoms with van der Waals surface area (Å²) in [5.41, 5.74) is 0.737. The third-order valence-corrected chi connectivity index (χ3v) is 8.13. The lowest BCUT2D eigenvalue weighted by Gasteiger charge is -2.64. The van der Waals surface area contributed by atoms with E-state index in [0.29, 0.717) is 5.02 Å². The van der Waals surface area contributed by atoms with E-state index in [1.54, 1.807) is 12.1 Å². The fraction of sp³-hybridized carbons (Fsp3) is 0.562. The number of nitrogens with one attached hydrogen (secondary N) is 1. The monoisotopic (exact) mass is 355 g/mol. The van der Waals surface area contributed by atoms with Crippen molar-refractivity contribution in [3.8, 4) is 0 Å². The average molecular weight is 357 g/mol. The van der Waals surface area contributed by atoms with E-state index in [9.17, 15) is 4.79 Å². The van der Waals surface area contributed by atoms with Crippen LogP contribution in [0, 0.1) is 16.2 Å². The van der Waals surface area contributed by atoms with Crippen molar-refractivity contribution in [2.75, 3.05) is 5.32 Å². The number of hydrogen-bond donors (Lipinski definition) is 1. The second kappa shape index (κ2) is 4.23. The summed E-state index contributed by atoms with van der Waals surface area (Å²) in [5, 5.41) is 3.74. The number of halogens is 2. The first-order valence-electron chi connectivity index (χ1n) is 6.97. The molecule has 4 heteroatoms. The minimum absolute atomic E-state index is 0.0185. The van der Waals surface area contributed by atoms with E-state index in [1.165, 1.54) is 0 Å². The van der Waals surface area contributed by atoms with Crippen LogP contribution in [0.3, 0.4) is 0 Å². The molecule has 3 aliphatic rings. The lowest BCUT2D eigenvalue weighted by molar-refractivity contribution is -0.155. The molecule has 0 radical (unpaired) electrons.